The van der Waals surface area contributed by atoms with Crippen LogP contribution in [0.3, 0.4) is 0 Å². The minimum Gasteiger partial charge on any atom is -0.367 e. The van der Waals surface area contributed by atoms with Crippen LogP contribution < -0.4 is 0 Å². The van der Waals surface area contributed by atoms with Crippen LogP contribution in [0, 0.1) is 0 Å². The molecule has 0 radical (unpaired) electrons. The number of ether oxygens (including phenoxy) is 1. The molecule has 0 aromatic heterocycles. The number of hydrogen-bond acceptors (Lipinski definition) is 4. The molecule has 1 fully saturated rings. The van der Waals surface area contributed by atoms with Gasteiger partial charge in [-0.15, -0.1) is 0 Å². The molecule has 0 bridgehead atoms. The van der Waals surface area contributed by atoms with E-state index in [0.717, 1.165) is 29.7 Å². The zero-order chi connectivity index (χ0) is 25.6. The highest BCUT2D eigenvalue weighted by Gasteiger charge is 2.29. The standard InChI is InChI=1S/C30H38N2O3S/c1-4-30(2,3)27-15-17-28(18-16-27)36(33,34)32-21-19-31(20-22-32)23-24-35-29(25-11-7-5-8-12-25)26-13-9-6-10-14-26/h5-18,29H,4,19-24H2,1-3H3. The van der Waals surface area contributed by atoms with E-state index in [-0.39, 0.29) is 11.5 Å². The minimum atomic E-state index is -3.49. The number of sulfonamides is 1. The lowest BCUT2D eigenvalue weighted by atomic mass is 9.82. The van der Waals surface area contributed by atoms with Crippen molar-refractivity contribution in [3.05, 3.63) is 102 Å². The average Bonchev–Trinajstić information content (AvgIpc) is 2.92. The normalized spacial score (nSPS) is 15.9. The van der Waals surface area contributed by atoms with E-state index in [0.29, 0.717) is 37.7 Å². The number of nitrogens with zero attached hydrogens (tertiary/aromatic N) is 2. The zero-order valence-corrected chi connectivity index (χ0v) is 22.5. The van der Waals surface area contributed by atoms with Crippen LogP contribution >= 0.6 is 0 Å². The summed E-state index contributed by atoms with van der Waals surface area (Å²) in [5.41, 5.74) is 3.47. The van der Waals surface area contributed by atoms with E-state index < -0.39 is 10.0 Å². The van der Waals surface area contributed by atoms with Crippen molar-refractivity contribution in [1.82, 2.24) is 9.21 Å². The molecule has 0 atom stereocenters. The molecule has 1 saturated heterocycles. The van der Waals surface area contributed by atoms with Gasteiger partial charge in [-0.05, 0) is 40.7 Å². The summed E-state index contributed by atoms with van der Waals surface area (Å²) in [6.45, 7) is 10.2. The molecule has 1 aliphatic heterocycles. The van der Waals surface area contributed by atoms with E-state index in [1.807, 2.05) is 48.5 Å². The van der Waals surface area contributed by atoms with Gasteiger partial charge in [-0.25, -0.2) is 8.42 Å². The van der Waals surface area contributed by atoms with Crippen LogP contribution in [0.4, 0.5) is 0 Å². The first-order chi connectivity index (χ1) is 17.3. The van der Waals surface area contributed by atoms with Crippen molar-refractivity contribution in [2.75, 3.05) is 39.3 Å². The highest BCUT2D eigenvalue weighted by Crippen LogP contribution is 2.29. The summed E-state index contributed by atoms with van der Waals surface area (Å²) in [7, 11) is -3.49. The summed E-state index contributed by atoms with van der Waals surface area (Å²) in [6.07, 6.45) is 0.886. The molecule has 1 aliphatic rings. The van der Waals surface area contributed by atoms with Crippen molar-refractivity contribution in [2.24, 2.45) is 0 Å². The SMILES string of the molecule is CCC(C)(C)c1ccc(S(=O)(=O)N2CCN(CCOC(c3ccccc3)c3ccccc3)CC2)cc1. The maximum Gasteiger partial charge on any atom is 0.243 e. The molecule has 0 amide bonds. The number of benzene rings is 3. The number of hydrogen-bond donors (Lipinski definition) is 0. The van der Waals surface area contributed by atoms with Gasteiger partial charge >= 0.3 is 0 Å². The Hall–Kier alpha value is -2.51. The highest BCUT2D eigenvalue weighted by molar-refractivity contribution is 7.89. The first-order valence-electron chi connectivity index (χ1n) is 12.9. The van der Waals surface area contributed by atoms with Crippen molar-refractivity contribution in [2.45, 2.75) is 43.6 Å². The van der Waals surface area contributed by atoms with Gasteiger partial charge in [0.2, 0.25) is 10.0 Å². The summed E-state index contributed by atoms with van der Waals surface area (Å²) in [6, 6.07) is 28.0. The highest BCUT2D eigenvalue weighted by atomic mass is 32.2. The minimum absolute atomic E-state index is 0.0377. The van der Waals surface area contributed by atoms with Crippen LogP contribution in [0.15, 0.2) is 89.8 Å². The lowest BCUT2D eigenvalue weighted by Crippen LogP contribution is -2.49. The molecular formula is C30H38N2O3S. The molecule has 5 nitrogen and oxygen atoms in total. The first-order valence-corrected chi connectivity index (χ1v) is 14.3. The van der Waals surface area contributed by atoms with Crippen LogP contribution in [0.5, 0.6) is 0 Å². The molecule has 36 heavy (non-hydrogen) atoms. The Kier molecular flexibility index (Phi) is 8.62. The Bertz CT molecular complexity index is 1150. The van der Waals surface area contributed by atoms with Crippen molar-refractivity contribution >= 4 is 10.0 Å². The van der Waals surface area contributed by atoms with E-state index in [1.165, 1.54) is 0 Å². The van der Waals surface area contributed by atoms with Crippen molar-refractivity contribution in [3.8, 4) is 0 Å². The van der Waals surface area contributed by atoms with E-state index >= 15 is 0 Å². The maximum absolute atomic E-state index is 13.2. The summed E-state index contributed by atoms with van der Waals surface area (Å²) in [5.74, 6) is 0. The predicted octanol–water partition coefficient (Wildman–Crippen LogP) is 5.49. The number of piperazine rings is 1. The second-order valence-electron chi connectivity index (χ2n) is 10.1. The Morgan fingerprint density at radius 3 is 1.83 bits per heavy atom. The Morgan fingerprint density at radius 1 is 0.806 bits per heavy atom. The Balaban J connectivity index is 1.32. The van der Waals surface area contributed by atoms with Crippen molar-refractivity contribution < 1.29 is 13.2 Å². The van der Waals surface area contributed by atoms with Gasteiger partial charge in [0.1, 0.15) is 6.10 Å². The second kappa shape index (κ2) is 11.7. The third-order valence-corrected chi connectivity index (χ3v) is 9.30. The quantitative estimate of drug-likeness (QED) is 0.365. The van der Waals surface area contributed by atoms with E-state index in [4.69, 9.17) is 4.74 Å². The average molecular weight is 507 g/mol. The second-order valence-corrected chi connectivity index (χ2v) is 12.0. The first kappa shape index (κ1) is 26.6. The molecule has 3 aromatic carbocycles. The van der Waals surface area contributed by atoms with Crippen LogP contribution in [0.25, 0.3) is 0 Å². The van der Waals surface area contributed by atoms with Gasteiger partial charge in [0.25, 0.3) is 0 Å². The Morgan fingerprint density at radius 2 is 1.33 bits per heavy atom. The van der Waals surface area contributed by atoms with Gasteiger partial charge in [0.05, 0.1) is 11.5 Å². The molecule has 0 aliphatic carbocycles. The summed E-state index contributed by atoms with van der Waals surface area (Å²) >= 11 is 0. The predicted molar refractivity (Wildman–Crippen MR) is 146 cm³/mol. The summed E-state index contributed by atoms with van der Waals surface area (Å²) in [4.78, 5) is 2.66. The zero-order valence-electron chi connectivity index (χ0n) is 21.6. The molecule has 192 valence electrons. The maximum atomic E-state index is 13.2. The molecule has 0 saturated carbocycles. The lowest BCUT2D eigenvalue weighted by Gasteiger charge is -2.34. The smallest absolute Gasteiger partial charge is 0.243 e. The molecule has 0 spiro atoms. The topological polar surface area (TPSA) is 49.9 Å². The largest absolute Gasteiger partial charge is 0.367 e. The fourth-order valence-corrected chi connectivity index (χ4v) is 5.99. The van der Waals surface area contributed by atoms with E-state index in [2.05, 4.69) is 49.9 Å². The molecule has 6 heteroatoms. The van der Waals surface area contributed by atoms with Crippen LogP contribution in [0.2, 0.25) is 0 Å². The Labute approximate surface area is 216 Å². The fraction of sp³-hybridized carbons (Fsp3) is 0.400. The van der Waals surface area contributed by atoms with Gasteiger partial charge in [-0.2, -0.15) is 4.31 Å². The van der Waals surface area contributed by atoms with Gasteiger partial charge in [-0.3, -0.25) is 4.90 Å². The molecule has 1 heterocycles. The van der Waals surface area contributed by atoms with Gasteiger partial charge in [-0.1, -0.05) is 93.6 Å². The monoisotopic (exact) mass is 506 g/mol. The molecule has 0 unspecified atom stereocenters. The molecule has 0 N–H and O–H groups in total. The van der Waals surface area contributed by atoms with Gasteiger partial charge < -0.3 is 4.74 Å². The lowest BCUT2D eigenvalue weighted by molar-refractivity contribution is 0.0527. The van der Waals surface area contributed by atoms with Crippen LogP contribution in [-0.2, 0) is 20.2 Å². The fourth-order valence-electron chi connectivity index (χ4n) is 4.56. The molecule has 4 rings (SSSR count). The van der Waals surface area contributed by atoms with Crippen molar-refractivity contribution in [3.63, 3.8) is 0 Å². The van der Waals surface area contributed by atoms with Crippen LogP contribution in [-0.4, -0.2) is 57.0 Å². The van der Waals surface area contributed by atoms with Gasteiger partial charge in [0.15, 0.2) is 0 Å². The summed E-state index contributed by atoms with van der Waals surface area (Å²) in [5, 5.41) is 0. The van der Waals surface area contributed by atoms with E-state index in [1.54, 1.807) is 16.4 Å². The molecular weight excluding hydrogens is 468 g/mol. The third kappa shape index (κ3) is 6.24. The third-order valence-electron chi connectivity index (χ3n) is 7.39. The van der Waals surface area contributed by atoms with E-state index in [9.17, 15) is 8.42 Å². The molecule has 3 aromatic rings. The summed E-state index contributed by atoms with van der Waals surface area (Å²) < 4.78 is 34.4. The number of rotatable bonds is 10. The van der Waals surface area contributed by atoms with Crippen LogP contribution in [0.1, 0.15) is 50.0 Å². The van der Waals surface area contributed by atoms with Crippen molar-refractivity contribution in [1.29, 1.82) is 0 Å². The van der Waals surface area contributed by atoms with Gasteiger partial charge in [0, 0.05) is 32.7 Å².